The Labute approximate surface area is 132 Å². The number of nitrogens with zero attached hydrogens (tertiary/aromatic N) is 3. The highest BCUT2D eigenvalue weighted by atomic mass is 32.1. The number of anilines is 1. The number of rotatable bonds is 4. The maximum absolute atomic E-state index is 12.2. The maximum atomic E-state index is 12.2. The standard InChI is InChI=1S/C15H16N4O2S/c1-9(2)14-17-18-15(22-14)16-13(20)11-8-12(21-19-11)10-6-4-3-5-7-10/h3-7,9,12H,8H2,1-2H3,(H,16,18,20). The van der Waals surface area contributed by atoms with Crippen molar-refractivity contribution in [3.8, 4) is 0 Å². The zero-order valence-corrected chi connectivity index (χ0v) is 13.1. The molecular weight excluding hydrogens is 300 g/mol. The lowest BCUT2D eigenvalue weighted by molar-refractivity contribution is -0.110. The molecule has 0 spiro atoms. The summed E-state index contributed by atoms with van der Waals surface area (Å²) in [6, 6.07) is 9.73. The molecule has 22 heavy (non-hydrogen) atoms. The summed E-state index contributed by atoms with van der Waals surface area (Å²) in [5, 5.41) is 16.0. The second-order valence-electron chi connectivity index (χ2n) is 5.30. The molecule has 7 heteroatoms. The molecule has 3 rings (SSSR count). The lowest BCUT2D eigenvalue weighted by Gasteiger charge is -2.07. The van der Waals surface area contributed by atoms with E-state index in [1.54, 1.807) is 0 Å². The smallest absolute Gasteiger partial charge is 0.275 e. The van der Waals surface area contributed by atoms with Gasteiger partial charge >= 0.3 is 0 Å². The van der Waals surface area contributed by atoms with Gasteiger partial charge in [-0.05, 0) is 5.56 Å². The van der Waals surface area contributed by atoms with Gasteiger partial charge < -0.3 is 4.84 Å². The molecule has 1 N–H and O–H groups in total. The molecule has 0 fully saturated rings. The molecular formula is C15H16N4O2S. The molecule has 2 heterocycles. The summed E-state index contributed by atoms with van der Waals surface area (Å²) in [7, 11) is 0. The SMILES string of the molecule is CC(C)c1nnc(NC(=O)C2=NOC(c3ccccc3)C2)s1. The second-order valence-corrected chi connectivity index (χ2v) is 6.31. The highest BCUT2D eigenvalue weighted by Crippen LogP contribution is 2.28. The molecule has 1 amide bonds. The van der Waals surface area contributed by atoms with Crippen LogP contribution in [-0.4, -0.2) is 21.8 Å². The van der Waals surface area contributed by atoms with Crippen molar-refractivity contribution < 1.29 is 9.63 Å². The molecule has 114 valence electrons. The predicted molar refractivity (Wildman–Crippen MR) is 84.9 cm³/mol. The van der Waals surface area contributed by atoms with Crippen LogP contribution in [-0.2, 0) is 9.63 Å². The number of carbonyl (C=O) groups is 1. The van der Waals surface area contributed by atoms with Crippen LogP contribution >= 0.6 is 11.3 Å². The van der Waals surface area contributed by atoms with Crippen LogP contribution < -0.4 is 5.32 Å². The summed E-state index contributed by atoms with van der Waals surface area (Å²) in [5.74, 6) is 0.00246. The molecule has 6 nitrogen and oxygen atoms in total. The average Bonchev–Trinajstić information content (AvgIpc) is 3.17. The molecule has 0 saturated carbocycles. The number of aromatic nitrogens is 2. The minimum Gasteiger partial charge on any atom is -0.387 e. The Balaban J connectivity index is 1.61. The molecule has 1 aromatic carbocycles. The van der Waals surface area contributed by atoms with Crippen molar-refractivity contribution in [2.75, 3.05) is 5.32 Å². The lowest BCUT2D eigenvalue weighted by Crippen LogP contribution is -2.21. The Morgan fingerprint density at radius 3 is 2.77 bits per heavy atom. The summed E-state index contributed by atoms with van der Waals surface area (Å²) in [4.78, 5) is 17.5. The van der Waals surface area contributed by atoms with Crippen molar-refractivity contribution in [1.29, 1.82) is 0 Å². The quantitative estimate of drug-likeness (QED) is 0.940. The van der Waals surface area contributed by atoms with E-state index in [9.17, 15) is 4.79 Å². The van der Waals surface area contributed by atoms with Crippen LogP contribution in [0.4, 0.5) is 5.13 Å². The Morgan fingerprint density at radius 1 is 1.32 bits per heavy atom. The second kappa shape index (κ2) is 6.23. The van der Waals surface area contributed by atoms with Crippen LogP contribution in [0.3, 0.4) is 0 Å². The highest BCUT2D eigenvalue weighted by molar-refractivity contribution is 7.15. The Kier molecular flexibility index (Phi) is 4.15. The Morgan fingerprint density at radius 2 is 2.09 bits per heavy atom. The zero-order chi connectivity index (χ0) is 15.5. The van der Waals surface area contributed by atoms with Gasteiger partial charge in [0.15, 0.2) is 6.10 Å². The first kappa shape index (κ1) is 14.6. The molecule has 1 atom stereocenters. The van der Waals surface area contributed by atoms with Crippen LogP contribution in [0, 0.1) is 0 Å². The topological polar surface area (TPSA) is 76.5 Å². The highest BCUT2D eigenvalue weighted by Gasteiger charge is 2.27. The first-order valence-electron chi connectivity index (χ1n) is 7.06. The van der Waals surface area contributed by atoms with Crippen molar-refractivity contribution in [1.82, 2.24) is 10.2 Å². The third-order valence-electron chi connectivity index (χ3n) is 3.26. The van der Waals surface area contributed by atoms with Crippen LogP contribution in [0.15, 0.2) is 35.5 Å². The first-order chi connectivity index (χ1) is 10.6. The van der Waals surface area contributed by atoms with Gasteiger partial charge in [0.25, 0.3) is 5.91 Å². The summed E-state index contributed by atoms with van der Waals surface area (Å²) in [6.45, 7) is 4.07. The number of amides is 1. The molecule has 1 aliphatic heterocycles. The lowest BCUT2D eigenvalue weighted by atomic mass is 10.0. The maximum Gasteiger partial charge on any atom is 0.275 e. The van der Waals surface area contributed by atoms with Gasteiger partial charge in [-0.15, -0.1) is 10.2 Å². The zero-order valence-electron chi connectivity index (χ0n) is 12.3. The average molecular weight is 316 g/mol. The molecule has 0 radical (unpaired) electrons. The number of carbonyl (C=O) groups excluding carboxylic acids is 1. The Bertz CT molecular complexity index is 697. The number of nitrogens with one attached hydrogen (secondary N) is 1. The Hall–Kier alpha value is -2.28. The van der Waals surface area contributed by atoms with E-state index >= 15 is 0 Å². The molecule has 1 unspecified atom stereocenters. The first-order valence-corrected chi connectivity index (χ1v) is 7.87. The fraction of sp³-hybridized carbons (Fsp3) is 0.333. The summed E-state index contributed by atoms with van der Waals surface area (Å²) < 4.78 is 0. The van der Waals surface area contributed by atoms with Gasteiger partial charge in [0.2, 0.25) is 5.13 Å². The number of hydrogen-bond donors (Lipinski definition) is 1. The van der Waals surface area contributed by atoms with Crippen molar-refractivity contribution >= 4 is 28.1 Å². The predicted octanol–water partition coefficient (Wildman–Crippen LogP) is 3.12. The molecule has 2 aromatic rings. The van der Waals surface area contributed by atoms with Crippen molar-refractivity contribution in [3.63, 3.8) is 0 Å². The van der Waals surface area contributed by atoms with Gasteiger partial charge in [-0.2, -0.15) is 0 Å². The molecule has 0 aliphatic carbocycles. The van der Waals surface area contributed by atoms with Gasteiger partial charge in [-0.1, -0.05) is 60.7 Å². The van der Waals surface area contributed by atoms with Gasteiger partial charge in [-0.3, -0.25) is 10.1 Å². The van der Waals surface area contributed by atoms with E-state index in [0.29, 0.717) is 17.3 Å². The van der Waals surface area contributed by atoms with Crippen molar-refractivity contribution in [3.05, 3.63) is 40.9 Å². The van der Waals surface area contributed by atoms with E-state index in [0.717, 1.165) is 10.6 Å². The molecule has 0 bridgehead atoms. The summed E-state index contributed by atoms with van der Waals surface area (Å²) >= 11 is 1.38. The van der Waals surface area contributed by atoms with Gasteiger partial charge in [-0.25, -0.2) is 0 Å². The van der Waals surface area contributed by atoms with Gasteiger partial charge in [0.1, 0.15) is 10.7 Å². The van der Waals surface area contributed by atoms with E-state index in [1.165, 1.54) is 11.3 Å². The minimum absolute atomic E-state index is 0.206. The molecule has 0 saturated heterocycles. The van der Waals surface area contributed by atoms with Crippen LogP contribution in [0.25, 0.3) is 0 Å². The van der Waals surface area contributed by atoms with Gasteiger partial charge in [0, 0.05) is 12.3 Å². The normalized spacial score (nSPS) is 17.2. The van der Waals surface area contributed by atoms with Crippen LogP contribution in [0.2, 0.25) is 0 Å². The van der Waals surface area contributed by atoms with Gasteiger partial charge in [0.05, 0.1) is 0 Å². The van der Waals surface area contributed by atoms with Crippen LogP contribution in [0.1, 0.15) is 42.9 Å². The third-order valence-corrected chi connectivity index (χ3v) is 4.40. The monoisotopic (exact) mass is 316 g/mol. The van der Waals surface area contributed by atoms with E-state index in [4.69, 9.17) is 4.84 Å². The van der Waals surface area contributed by atoms with E-state index in [-0.39, 0.29) is 17.9 Å². The summed E-state index contributed by atoms with van der Waals surface area (Å²) in [5.41, 5.74) is 1.38. The van der Waals surface area contributed by atoms with Crippen LogP contribution in [0.5, 0.6) is 0 Å². The van der Waals surface area contributed by atoms with E-state index < -0.39 is 0 Å². The van der Waals surface area contributed by atoms with Crippen molar-refractivity contribution in [2.24, 2.45) is 5.16 Å². The molecule has 1 aromatic heterocycles. The summed E-state index contributed by atoms with van der Waals surface area (Å²) in [6.07, 6.45) is 0.244. The largest absolute Gasteiger partial charge is 0.387 e. The van der Waals surface area contributed by atoms with E-state index in [2.05, 4.69) is 20.7 Å². The number of hydrogen-bond acceptors (Lipinski definition) is 6. The third kappa shape index (κ3) is 3.14. The number of benzene rings is 1. The fourth-order valence-electron chi connectivity index (χ4n) is 2.05. The minimum atomic E-state index is -0.287. The fourth-order valence-corrected chi connectivity index (χ4v) is 2.79. The van der Waals surface area contributed by atoms with E-state index in [1.807, 2.05) is 44.2 Å². The van der Waals surface area contributed by atoms with Crippen molar-refractivity contribution in [2.45, 2.75) is 32.3 Å². The number of oxime groups is 1. The molecule has 1 aliphatic rings.